The van der Waals surface area contributed by atoms with Crippen LogP contribution in [0.1, 0.15) is 34.5 Å². The summed E-state index contributed by atoms with van der Waals surface area (Å²) in [5.74, 6) is 0.138. The monoisotopic (exact) mass is 511 g/mol. The van der Waals surface area contributed by atoms with Crippen LogP contribution in [0.25, 0.3) is 10.9 Å². The number of nitrogens with zero attached hydrogens (tertiary/aromatic N) is 4. The molecule has 2 aromatic carbocycles. The number of hydrogen-bond acceptors (Lipinski definition) is 6. The number of carbonyl (C=O) groups excluding carboxylic acids is 2. The Morgan fingerprint density at radius 2 is 1.95 bits per heavy atom. The van der Waals surface area contributed by atoms with Gasteiger partial charge in [-0.3, -0.25) is 14.6 Å². The Hall–Kier alpha value is -4.33. The molecule has 0 unspecified atom stereocenters. The van der Waals surface area contributed by atoms with E-state index < -0.39 is 0 Å². The minimum atomic E-state index is -0.0847. The number of phenolic OH excluding ortho intramolecular Hbond substituents is 1. The van der Waals surface area contributed by atoms with Crippen LogP contribution < -0.4 is 10.2 Å². The van der Waals surface area contributed by atoms with E-state index in [2.05, 4.69) is 15.2 Å². The average molecular weight is 512 g/mol. The van der Waals surface area contributed by atoms with Crippen LogP contribution in [0.15, 0.2) is 67.0 Å². The van der Waals surface area contributed by atoms with E-state index in [0.29, 0.717) is 24.2 Å². The second-order valence-electron chi connectivity index (χ2n) is 9.80. The molecule has 4 aromatic rings. The molecule has 1 amide bonds. The van der Waals surface area contributed by atoms with Crippen LogP contribution in [0.4, 0.5) is 11.4 Å². The smallest absolute Gasteiger partial charge is 0.213 e. The molecule has 1 aliphatic rings. The van der Waals surface area contributed by atoms with Crippen molar-refractivity contribution in [2.24, 2.45) is 7.05 Å². The molecule has 0 spiro atoms. The van der Waals surface area contributed by atoms with Gasteiger partial charge >= 0.3 is 0 Å². The van der Waals surface area contributed by atoms with E-state index in [1.54, 1.807) is 18.3 Å². The predicted molar refractivity (Wildman–Crippen MR) is 150 cm³/mol. The number of pyridine rings is 1. The third kappa shape index (κ3) is 5.07. The number of aromatic nitrogens is 2. The zero-order valence-corrected chi connectivity index (χ0v) is 21.8. The number of rotatable bonds is 9. The van der Waals surface area contributed by atoms with Gasteiger partial charge in [-0.05, 0) is 61.2 Å². The van der Waals surface area contributed by atoms with E-state index in [0.717, 1.165) is 60.2 Å². The highest BCUT2D eigenvalue weighted by atomic mass is 16.3. The van der Waals surface area contributed by atoms with E-state index >= 15 is 0 Å². The molecule has 0 radical (unpaired) electrons. The Balaban J connectivity index is 1.24. The van der Waals surface area contributed by atoms with Crippen LogP contribution in [0.2, 0.25) is 0 Å². The maximum atomic E-state index is 13.4. The number of carbonyl (C=O) groups is 2. The summed E-state index contributed by atoms with van der Waals surface area (Å²) in [4.78, 5) is 33.9. The first-order chi connectivity index (χ1) is 18.5. The minimum absolute atomic E-state index is 0.0847. The number of nitrogens with one attached hydrogen (secondary N) is 1. The lowest BCUT2D eigenvalue weighted by molar-refractivity contribution is -0.120. The number of phenols is 1. The minimum Gasteiger partial charge on any atom is -0.508 e. The van der Waals surface area contributed by atoms with E-state index in [-0.39, 0.29) is 17.6 Å². The second-order valence-corrected chi connectivity index (χ2v) is 9.80. The number of piperidine rings is 1. The number of benzene rings is 2. The van der Waals surface area contributed by atoms with Crippen molar-refractivity contribution in [3.8, 4) is 5.75 Å². The van der Waals surface area contributed by atoms with Crippen molar-refractivity contribution in [1.29, 1.82) is 0 Å². The third-order valence-corrected chi connectivity index (χ3v) is 7.55. The van der Waals surface area contributed by atoms with Gasteiger partial charge in [-0.15, -0.1) is 0 Å². The van der Waals surface area contributed by atoms with E-state index in [9.17, 15) is 14.7 Å². The molecular weight excluding hydrogens is 478 g/mol. The molecule has 0 saturated carbocycles. The normalized spacial score (nSPS) is 14.0. The van der Waals surface area contributed by atoms with Crippen molar-refractivity contribution >= 4 is 34.5 Å². The van der Waals surface area contributed by atoms with E-state index in [1.807, 2.05) is 72.2 Å². The average Bonchev–Trinajstić information content (AvgIpc) is 3.30. The summed E-state index contributed by atoms with van der Waals surface area (Å²) in [6.07, 6.45) is 6.85. The molecule has 0 bridgehead atoms. The highest BCUT2D eigenvalue weighted by Crippen LogP contribution is 2.27. The molecule has 2 N–H and O–H groups in total. The number of amides is 1. The van der Waals surface area contributed by atoms with Gasteiger partial charge < -0.3 is 24.8 Å². The summed E-state index contributed by atoms with van der Waals surface area (Å²) in [7, 11) is 3.79. The highest BCUT2D eigenvalue weighted by Gasteiger charge is 2.25. The third-order valence-electron chi connectivity index (χ3n) is 7.55. The van der Waals surface area contributed by atoms with Crippen molar-refractivity contribution < 1.29 is 14.7 Å². The maximum Gasteiger partial charge on any atom is 0.213 e. The summed E-state index contributed by atoms with van der Waals surface area (Å²) < 4.78 is 1.97. The largest absolute Gasteiger partial charge is 0.508 e. The lowest BCUT2D eigenvalue weighted by Gasteiger charge is -2.38. The van der Waals surface area contributed by atoms with Gasteiger partial charge in [-0.25, -0.2) is 0 Å². The molecule has 1 fully saturated rings. The molecule has 3 heterocycles. The summed E-state index contributed by atoms with van der Waals surface area (Å²) in [6, 6.07) is 17.1. The van der Waals surface area contributed by atoms with Gasteiger partial charge in [-0.1, -0.05) is 18.2 Å². The van der Waals surface area contributed by atoms with Crippen LogP contribution in [0, 0.1) is 0 Å². The van der Waals surface area contributed by atoms with Gasteiger partial charge in [-0.2, -0.15) is 0 Å². The SMILES string of the molecule is CNc1ccc(O)cc1CCN(C=O)C1CCN(c2ccnc(C(=O)c3cn(C)c4ccccc34)c2)CC1. The Morgan fingerprint density at radius 1 is 1.16 bits per heavy atom. The van der Waals surface area contributed by atoms with Gasteiger partial charge in [0, 0.05) is 80.0 Å². The molecule has 1 aliphatic heterocycles. The molecule has 5 rings (SSSR count). The maximum absolute atomic E-state index is 13.4. The fourth-order valence-corrected chi connectivity index (χ4v) is 5.46. The fourth-order valence-electron chi connectivity index (χ4n) is 5.46. The number of ketones is 1. The lowest BCUT2D eigenvalue weighted by Crippen LogP contribution is -2.45. The quantitative estimate of drug-likeness (QED) is 0.199. The summed E-state index contributed by atoms with van der Waals surface area (Å²) in [6.45, 7) is 2.16. The van der Waals surface area contributed by atoms with Gasteiger partial charge in [0.2, 0.25) is 12.2 Å². The van der Waals surface area contributed by atoms with Gasteiger partial charge in [0.25, 0.3) is 0 Å². The molecule has 0 aliphatic carbocycles. The van der Waals surface area contributed by atoms with Crippen LogP contribution in [0.5, 0.6) is 5.75 Å². The van der Waals surface area contributed by atoms with Crippen LogP contribution in [-0.4, -0.2) is 64.5 Å². The van der Waals surface area contributed by atoms with E-state index in [1.165, 1.54) is 0 Å². The Bertz CT molecular complexity index is 1460. The topological polar surface area (TPSA) is 90.7 Å². The highest BCUT2D eigenvalue weighted by molar-refractivity contribution is 6.15. The van der Waals surface area contributed by atoms with Crippen LogP contribution in [0.3, 0.4) is 0 Å². The molecule has 8 heteroatoms. The van der Waals surface area contributed by atoms with Crippen molar-refractivity contribution in [2.75, 3.05) is 36.9 Å². The summed E-state index contributed by atoms with van der Waals surface area (Å²) in [5.41, 5.74) is 5.01. The molecule has 8 nitrogen and oxygen atoms in total. The number of aryl methyl sites for hydroxylation is 1. The zero-order chi connectivity index (χ0) is 26.6. The molecule has 196 valence electrons. The standard InChI is InChI=1S/C30H33N5O3/c1-31-27-8-7-24(37)17-21(27)10-14-35(20-36)22-11-15-34(16-12-22)23-9-13-32-28(18-23)30(38)26-19-33(2)29-6-4-3-5-25(26)29/h3-9,13,17-20,22,31,37H,10-12,14-16H2,1-2H3. The number of para-hydroxylation sites is 1. The lowest BCUT2D eigenvalue weighted by atomic mass is 10.0. The summed E-state index contributed by atoms with van der Waals surface area (Å²) >= 11 is 0. The Morgan fingerprint density at radius 3 is 2.71 bits per heavy atom. The second kappa shape index (κ2) is 11.0. The van der Waals surface area contributed by atoms with Gasteiger partial charge in [0.1, 0.15) is 11.4 Å². The number of fused-ring (bicyclic) bond motifs is 1. The van der Waals surface area contributed by atoms with Crippen LogP contribution in [-0.2, 0) is 18.3 Å². The van der Waals surface area contributed by atoms with Crippen molar-refractivity contribution in [3.63, 3.8) is 0 Å². The zero-order valence-electron chi connectivity index (χ0n) is 21.8. The van der Waals surface area contributed by atoms with Gasteiger partial charge in [0.15, 0.2) is 0 Å². The number of aromatic hydroxyl groups is 1. The number of hydrogen-bond donors (Lipinski definition) is 2. The molecule has 38 heavy (non-hydrogen) atoms. The van der Waals surface area contributed by atoms with Crippen molar-refractivity contribution in [1.82, 2.24) is 14.5 Å². The molecule has 2 aromatic heterocycles. The predicted octanol–water partition coefficient (Wildman–Crippen LogP) is 4.22. The van der Waals surface area contributed by atoms with Crippen molar-refractivity contribution in [2.45, 2.75) is 25.3 Å². The molecule has 1 saturated heterocycles. The first kappa shape index (κ1) is 25.3. The Labute approximate surface area is 222 Å². The van der Waals surface area contributed by atoms with Crippen LogP contribution >= 0.6 is 0 Å². The molecular formula is C30H33N5O3. The van der Waals surface area contributed by atoms with Crippen molar-refractivity contribution in [3.05, 3.63) is 83.8 Å². The Kier molecular flexibility index (Phi) is 7.31. The summed E-state index contributed by atoms with van der Waals surface area (Å²) in [5, 5.41) is 13.9. The molecule has 0 atom stereocenters. The first-order valence-electron chi connectivity index (χ1n) is 13.0. The van der Waals surface area contributed by atoms with Gasteiger partial charge in [0.05, 0.1) is 0 Å². The fraction of sp³-hybridized carbons (Fsp3) is 0.300. The number of anilines is 2. The first-order valence-corrected chi connectivity index (χ1v) is 13.0. The van der Waals surface area contributed by atoms with E-state index in [4.69, 9.17) is 0 Å².